The molecule has 2 aliphatic heterocycles. The molecule has 18 nitrogen and oxygen atoms in total. The van der Waals surface area contributed by atoms with Gasteiger partial charge in [-0.1, -0.05) is 18.2 Å². The van der Waals surface area contributed by atoms with Gasteiger partial charge in [0.05, 0.1) is 91.3 Å². The molecular formula is C45H52N4O14S. The third kappa shape index (κ3) is 13.2. The van der Waals surface area contributed by atoms with Gasteiger partial charge in [-0.2, -0.15) is 0 Å². The predicted octanol–water partition coefficient (Wildman–Crippen LogP) is 4.94. The zero-order valence-corrected chi connectivity index (χ0v) is 36.1. The first-order chi connectivity index (χ1) is 31.2. The summed E-state index contributed by atoms with van der Waals surface area (Å²) >= 11 is 5.46. The molecule has 2 amide bonds. The van der Waals surface area contributed by atoms with Crippen molar-refractivity contribution in [3.8, 4) is 23.0 Å². The Bertz CT molecular complexity index is 2160. The molecule has 6 N–H and O–H groups in total. The lowest BCUT2D eigenvalue weighted by Crippen LogP contribution is -2.33. The zero-order chi connectivity index (χ0) is 45.2. The molecule has 0 aliphatic carbocycles. The highest BCUT2D eigenvalue weighted by Gasteiger charge is 2.53. The minimum Gasteiger partial charge on any atom is -0.508 e. The van der Waals surface area contributed by atoms with Crippen LogP contribution in [0.2, 0.25) is 0 Å². The van der Waals surface area contributed by atoms with Gasteiger partial charge in [0.25, 0.3) is 0 Å². The summed E-state index contributed by atoms with van der Waals surface area (Å²) in [4.78, 5) is 36.7. The quantitative estimate of drug-likeness (QED) is 0.0295. The average Bonchev–Trinajstić information content (AvgIpc) is 3.57. The maximum absolute atomic E-state index is 13.4. The Morgan fingerprint density at radius 3 is 1.72 bits per heavy atom. The summed E-state index contributed by atoms with van der Waals surface area (Å²) in [7, 11) is 1.49. The smallest absolute Gasteiger partial charge is 0.407 e. The van der Waals surface area contributed by atoms with Crippen LogP contribution in [0, 0.1) is 0 Å². The van der Waals surface area contributed by atoms with Crippen LogP contribution in [0.15, 0.2) is 78.9 Å². The number of thiocarbonyl (C=S) groups is 1. The van der Waals surface area contributed by atoms with E-state index >= 15 is 0 Å². The zero-order valence-electron chi connectivity index (χ0n) is 35.3. The number of carbonyl (C=O) groups excluding carboxylic acids is 3. The summed E-state index contributed by atoms with van der Waals surface area (Å²) in [5, 5.41) is 32.0. The van der Waals surface area contributed by atoms with Gasteiger partial charge in [0.15, 0.2) is 10.7 Å². The number of alkyl carbamates (subject to hydrolysis) is 1. The number of anilines is 2. The van der Waals surface area contributed by atoms with Crippen molar-refractivity contribution in [3.05, 3.63) is 107 Å². The van der Waals surface area contributed by atoms with E-state index < -0.39 is 17.7 Å². The normalized spacial score (nSPS) is 12.9. The van der Waals surface area contributed by atoms with Gasteiger partial charge < -0.3 is 74.1 Å². The number of amides is 2. The van der Waals surface area contributed by atoms with E-state index in [2.05, 4.69) is 21.3 Å². The number of esters is 1. The molecule has 19 heteroatoms. The number of carbonyl (C=O) groups is 3. The van der Waals surface area contributed by atoms with Gasteiger partial charge in [0, 0.05) is 53.8 Å². The molecule has 2 heterocycles. The number of aromatic hydroxyl groups is 2. The highest BCUT2D eigenvalue weighted by molar-refractivity contribution is 7.80. The van der Waals surface area contributed by atoms with Crippen molar-refractivity contribution < 1.29 is 67.2 Å². The summed E-state index contributed by atoms with van der Waals surface area (Å²) in [5.74, 6) is -0.138. The SMILES string of the molecule is CNC(=O)OCc1ccc(NC(=O)CCOCCOCCOCCOCCOCCOCCNC(=S)Nc2ccc3c(c2)C(=O)OC32c3ccc(O)cc3Oc3cc(O)ccc32)cc1. The molecule has 0 saturated heterocycles. The van der Waals surface area contributed by atoms with Crippen molar-refractivity contribution in [2.24, 2.45) is 0 Å². The summed E-state index contributed by atoms with van der Waals surface area (Å²) in [5.41, 5.74) is 2.70. The third-order valence-corrected chi connectivity index (χ3v) is 9.95. The summed E-state index contributed by atoms with van der Waals surface area (Å²) in [6.07, 6.45) is -0.304. The van der Waals surface area contributed by atoms with E-state index in [1.807, 2.05) is 0 Å². The maximum Gasteiger partial charge on any atom is 0.407 e. The monoisotopic (exact) mass is 904 g/mol. The Labute approximate surface area is 375 Å². The lowest BCUT2D eigenvalue weighted by molar-refractivity contribution is -0.117. The number of nitrogens with one attached hydrogen (secondary N) is 4. The number of ether oxygens (including phenoxy) is 9. The van der Waals surface area contributed by atoms with E-state index in [1.54, 1.807) is 54.6 Å². The fourth-order valence-electron chi connectivity index (χ4n) is 6.69. The number of phenols is 2. The van der Waals surface area contributed by atoms with Crippen molar-refractivity contribution in [1.82, 2.24) is 10.6 Å². The molecule has 64 heavy (non-hydrogen) atoms. The van der Waals surface area contributed by atoms with Crippen LogP contribution in [0.4, 0.5) is 16.2 Å². The number of hydrogen-bond acceptors (Lipinski definition) is 15. The Morgan fingerprint density at radius 2 is 1.16 bits per heavy atom. The van der Waals surface area contributed by atoms with Crippen LogP contribution in [0.3, 0.4) is 0 Å². The van der Waals surface area contributed by atoms with Crippen LogP contribution in [0.25, 0.3) is 0 Å². The van der Waals surface area contributed by atoms with Crippen molar-refractivity contribution in [2.45, 2.75) is 18.6 Å². The van der Waals surface area contributed by atoms with Crippen molar-refractivity contribution in [1.29, 1.82) is 0 Å². The Hall–Kier alpha value is -6.06. The van der Waals surface area contributed by atoms with E-state index in [-0.39, 0.29) is 37.0 Å². The number of rotatable bonds is 25. The molecule has 0 bridgehead atoms. The maximum atomic E-state index is 13.4. The fourth-order valence-corrected chi connectivity index (χ4v) is 6.91. The van der Waals surface area contributed by atoms with Crippen LogP contribution in [-0.4, -0.2) is 126 Å². The van der Waals surface area contributed by atoms with Gasteiger partial charge in [-0.05, 0) is 66.3 Å². The van der Waals surface area contributed by atoms with Crippen LogP contribution >= 0.6 is 12.2 Å². The molecule has 1 spiro atoms. The minimum absolute atomic E-state index is 0.0176. The highest BCUT2D eigenvalue weighted by Crippen LogP contribution is 2.57. The predicted molar refractivity (Wildman–Crippen MR) is 236 cm³/mol. The Morgan fingerprint density at radius 1 is 0.641 bits per heavy atom. The molecule has 6 rings (SSSR count). The molecule has 0 unspecified atom stereocenters. The lowest BCUT2D eigenvalue weighted by atomic mass is 9.77. The van der Waals surface area contributed by atoms with E-state index in [0.717, 1.165) is 5.56 Å². The largest absolute Gasteiger partial charge is 0.508 e. The fraction of sp³-hybridized carbons (Fsp3) is 0.378. The van der Waals surface area contributed by atoms with Crippen LogP contribution in [0.1, 0.15) is 39.0 Å². The first kappa shape index (κ1) is 47.4. The lowest BCUT2D eigenvalue weighted by Gasteiger charge is -2.36. The van der Waals surface area contributed by atoms with Gasteiger partial charge in [-0.25, -0.2) is 9.59 Å². The van der Waals surface area contributed by atoms with Crippen LogP contribution < -0.4 is 26.0 Å². The van der Waals surface area contributed by atoms with E-state index in [1.165, 1.54) is 31.3 Å². The first-order valence-electron chi connectivity index (χ1n) is 20.6. The molecule has 0 saturated carbocycles. The van der Waals surface area contributed by atoms with Gasteiger partial charge in [0.2, 0.25) is 5.91 Å². The number of fused-ring (bicyclic) bond motifs is 6. The molecule has 0 atom stereocenters. The third-order valence-electron chi connectivity index (χ3n) is 9.71. The second kappa shape index (κ2) is 24.1. The standard InChI is InChI=1S/C45H52N4O14S/c1-46-44(54)61-29-30-2-4-31(5-3-30)48-41(52)12-14-55-16-18-57-20-22-59-24-25-60-23-21-58-19-17-56-15-13-47-43(64)49-32-6-9-36-35(26-32)42(53)63-45(36)37-10-7-33(50)27-39(37)62-40-28-34(51)8-11-38(40)45/h2-11,26-28,50-51H,12-25,29H2,1H3,(H,46,54)(H,48,52)(H2,47,49,64). The van der Waals surface area contributed by atoms with Crippen molar-refractivity contribution >= 4 is 46.7 Å². The summed E-state index contributed by atoms with van der Waals surface area (Å²) in [6.45, 7) is 5.29. The number of benzene rings is 4. The molecule has 2 aliphatic rings. The van der Waals surface area contributed by atoms with Crippen LogP contribution in [0.5, 0.6) is 23.0 Å². The minimum atomic E-state index is -1.34. The van der Waals surface area contributed by atoms with Gasteiger partial charge in [0.1, 0.15) is 29.6 Å². The van der Waals surface area contributed by atoms with E-state index in [0.29, 0.717) is 129 Å². The van der Waals surface area contributed by atoms with Crippen molar-refractivity contribution in [2.75, 3.05) is 104 Å². The van der Waals surface area contributed by atoms with Gasteiger partial charge >= 0.3 is 12.1 Å². The summed E-state index contributed by atoms with van der Waals surface area (Å²) < 4.78 is 50.3. The second-order valence-corrected chi connectivity index (χ2v) is 14.6. The van der Waals surface area contributed by atoms with Gasteiger partial charge in [-0.3, -0.25) is 4.79 Å². The van der Waals surface area contributed by atoms with E-state index in [4.69, 9.17) is 54.8 Å². The van der Waals surface area contributed by atoms with Gasteiger partial charge in [-0.15, -0.1) is 0 Å². The highest BCUT2D eigenvalue weighted by atomic mass is 32.1. The number of phenolic OH excluding ortho intramolecular Hbond substituents is 2. The second-order valence-electron chi connectivity index (χ2n) is 14.2. The Balaban J connectivity index is 0.733. The summed E-state index contributed by atoms with van der Waals surface area (Å²) in [6, 6.07) is 21.5. The van der Waals surface area contributed by atoms with E-state index in [9.17, 15) is 24.6 Å². The van der Waals surface area contributed by atoms with Crippen molar-refractivity contribution in [3.63, 3.8) is 0 Å². The topological polar surface area (TPSA) is 223 Å². The average molecular weight is 905 g/mol. The molecular weight excluding hydrogens is 853 g/mol. The molecule has 4 aromatic carbocycles. The van der Waals surface area contributed by atoms with Crippen LogP contribution in [-0.2, 0) is 54.9 Å². The molecule has 342 valence electrons. The number of hydrogen-bond donors (Lipinski definition) is 6. The molecule has 0 fully saturated rings. The molecule has 0 radical (unpaired) electrons. The Kier molecular flexibility index (Phi) is 17.9. The first-order valence-corrected chi connectivity index (χ1v) is 21.0. The molecule has 0 aromatic heterocycles. The molecule has 4 aromatic rings.